The fraction of sp³-hybridized carbons (Fsp3) is 0.105. The third-order valence-electron chi connectivity index (χ3n) is 3.82. The molecule has 1 heterocycles. The maximum Gasteiger partial charge on any atom is 0.339 e. The van der Waals surface area contributed by atoms with E-state index in [0.717, 1.165) is 6.07 Å². The molecule has 1 atom stereocenters. The first-order valence-corrected chi connectivity index (χ1v) is 8.67. The number of nitrogens with one attached hydrogen (secondary N) is 1. The number of carbonyl (C=O) groups excluding carboxylic acids is 2. The van der Waals surface area contributed by atoms with Gasteiger partial charge in [0.05, 0.1) is 10.5 Å². The summed E-state index contributed by atoms with van der Waals surface area (Å²) in [6.45, 7) is 1.66. The second-order valence-electron chi connectivity index (χ2n) is 5.93. The second-order valence-corrected chi connectivity index (χ2v) is 6.34. The number of halogens is 1. The summed E-state index contributed by atoms with van der Waals surface area (Å²) in [4.78, 5) is 35.6. The van der Waals surface area contributed by atoms with Crippen molar-refractivity contribution in [3.05, 3.63) is 86.6 Å². The number of aromatic nitrogens is 1. The highest BCUT2D eigenvalue weighted by Crippen LogP contribution is 2.27. The van der Waals surface area contributed by atoms with Crippen LogP contribution in [0.15, 0.2) is 59.1 Å². The number of hydrogen-bond acceptors (Lipinski definition) is 7. The third kappa shape index (κ3) is 4.77. The van der Waals surface area contributed by atoms with Crippen LogP contribution in [-0.2, 0) is 9.53 Å². The Morgan fingerprint density at radius 1 is 1.21 bits per heavy atom. The molecule has 0 aliphatic heterocycles. The average molecular weight is 416 g/mol. The third-order valence-corrected chi connectivity index (χ3v) is 4.14. The summed E-state index contributed by atoms with van der Waals surface area (Å²) in [7, 11) is 0. The standard InChI is InChI=1S/C19H14ClN3O6/c1-11-9-16(22-29-11)21-18(24)17(12-5-3-2-4-6-12)28-19(25)13-7-8-14(20)15(10-13)23(26)27/h2-10,17H,1H3,(H,21,22,24). The summed E-state index contributed by atoms with van der Waals surface area (Å²) in [5.41, 5.74) is -0.158. The zero-order chi connectivity index (χ0) is 21.0. The fourth-order valence-electron chi connectivity index (χ4n) is 2.47. The van der Waals surface area contributed by atoms with Crippen molar-refractivity contribution in [2.24, 2.45) is 0 Å². The topological polar surface area (TPSA) is 125 Å². The smallest absolute Gasteiger partial charge is 0.339 e. The molecule has 0 saturated carbocycles. The van der Waals surface area contributed by atoms with Crippen LogP contribution >= 0.6 is 11.6 Å². The Bertz CT molecular complexity index is 1070. The summed E-state index contributed by atoms with van der Waals surface area (Å²) in [5.74, 6) is -0.944. The number of benzene rings is 2. The molecule has 1 unspecified atom stereocenters. The Balaban J connectivity index is 1.87. The maximum absolute atomic E-state index is 12.7. The molecule has 1 N–H and O–H groups in total. The molecule has 0 fully saturated rings. The highest BCUT2D eigenvalue weighted by Gasteiger charge is 2.27. The van der Waals surface area contributed by atoms with Gasteiger partial charge in [0.1, 0.15) is 10.8 Å². The van der Waals surface area contributed by atoms with E-state index in [2.05, 4.69) is 10.5 Å². The number of rotatable bonds is 6. The number of carbonyl (C=O) groups is 2. The molecule has 0 bridgehead atoms. The molecular weight excluding hydrogens is 402 g/mol. The summed E-state index contributed by atoms with van der Waals surface area (Å²) in [6.07, 6.45) is -1.32. The zero-order valence-corrected chi connectivity index (χ0v) is 15.8. The van der Waals surface area contributed by atoms with Crippen molar-refractivity contribution in [3.8, 4) is 0 Å². The normalized spacial score (nSPS) is 11.5. The number of ether oxygens (including phenoxy) is 1. The van der Waals surface area contributed by atoms with E-state index in [9.17, 15) is 19.7 Å². The maximum atomic E-state index is 12.7. The van der Waals surface area contributed by atoms with Crippen LogP contribution in [0.3, 0.4) is 0 Å². The predicted molar refractivity (Wildman–Crippen MR) is 103 cm³/mol. The minimum Gasteiger partial charge on any atom is -0.444 e. The second kappa shape index (κ2) is 8.53. The molecule has 29 heavy (non-hydrogen) atoms. The van der Waals surface area contributed by atoms with Gasteiger partial charge < -0.3 is 14.6 Å². The lowest BCUT2D eigenvalue weighted by molar-refractivity contribution is -0.384. The van der Waals surface area contributed by atoms with Crippen LogP contribution in [0, 0.1) is 17.0 Å². The number of aryl methyl sites for hydroxylation is 1. The van der Waals surface area contributed by atoms with Gasteiger partial charge in [-0.15, -0.1) is 0 Å². The van der Waals surface area contributed by atoms with Crippen molar-refractivity contribution in [3.63, 3.8) is 0 Å². The van der Waals surface area contributed by atoms with E-state index in [-0.39, 0.29) is 16.4 Å². The van der Waals surface area contributed by atoms with Gasteiger partial charge >= 0.3 is 5.97 Å². The van der Waals surface area contributed by atoms with E-state index in [4.69, 9.17) is 20.9 Å². The Morgan fingerprint density at radius 3 is 2.55 bits per heavy atom. The molecule has 0 spiro atoms. The molecule has 3 aromatic rings. The molecule has 1 aromatic heterocycles. The van der Waals surface area contributed by atoms with Crippen LogP contribution in [0.1, 0.15) is 27.8 Å². The number of amides is 1. The van der Waals surface area contributed by atoms with Gasteiger partial charge in [0.2, 0.25) is 6.10 Å². The summed E-state index contributed by atoms with van der Waals surface area (Å²) < 4.78 is 10.3. The number of nitro benzene ring substituents is 1. The van der Waals surface area contributed by atoms with Crippen molar-refractivity contribution >= 4 is 35.0 Å². The van der Waals surface area contributed by atoms with E-state index in [1.165, 1.54) is 18.2 Å². The molecule has 9 nitrogen and oxygen atoms in total. The lowest BCUT2D eigenvalue weighted by Crippen LogP contribution is -2.26. The molecule has 1 amide bonds. The molecule has 0 aliphatic rings. The van der Waals surface area contributed by atoms with Gasteiger partial charge in [-0.2, -0.15) is 0 Å². The molecule has 0 aliphatic carbocycles. The van der Waals surface area contributed by atoms with Gasteiger partial charge in [-0.25, -0.2) is 4.79 Å². The van der Waals surface area contributed by atoms with Crippen LogP contribution in [0.2, 0.25) is 5.02 Å². The fourth-order valence-corrected chi connectivity index (χ4v) is 2.66. The van der Waals surface area contributed by atoms with E-state index in [1.54, 1.807) is 37.3 Å². The van der Waals surface area contributed by atoms with Gasteiger partial charge in [0.25, 0.3) is 11.6 Å². The van der Waals surface area contributed by atoms with Crippen LogP contribution in [0.25, 0.3) is 0 Å². The molecule has 3 rings (SSSR count). The van der Waals surface area contributed by atoms with Crippen molar-refractivity contribution in [1.29, 1.82) is 0 Å². The Kier molecular flexibility index (Phi) is 5.89. The first-order chi connectivity index (χ1) is 13.8. The van der Waals surface area contributed by atoms with Crippen molar-refractivity contribution in [2.75, 3.05) is 5.32 Å². The molecule has 0 saturated heterocycles. The average Bonchev–Trinajstić information content (AvgIpc) is 3.11. The first-order valence-electron chi connectivity index (χ1n) is 8.29. The van der Waals surface area contributed by atoms with Crippen molar-refractivity contribution < 1.29 is 23.8 Å². The number of hydrogen-bond donors (Lipinski definition) is 1. The number of nitrogens with zero attached hydrogens (tertiary/aromatic N) is 2. The van der Waals surface area contributed by atoms with Gasteiger partial charge in [-0.3, -0.25) is 14.9 Å². The van der Waals surface area contributed by atoms with E-state index in [0.29, 0.717) is 11.3 Å². The lowest BCUT2D eigenvalue weighted by atomic mass is 10.1. The van der Waals surface area contributed by atoms with Crippen LogP contribution in [-0.4, -0.2) is 22.0 Å². The Labute approximate surface area is 169 Å². The summed E-state index contributed by atoms with van der Waals surface area (Å²) in [6, 6.07) is 13.3. The van der Waals surface area contributed by atoms with E-state index >= 15 is 0 Å². The van der Waals surface area contributed by atoms with Crippen molar-refractivity contribution in [2.45, 2.75) is 13.0 Å². The molecule has 0 radical (unpaired) electrons. The van der Waals surface area contributed by atoms with Crippen molar-refractivity contribution in [1.82, 2.24) is 5.16 Å². The van der Waals surface area contributed by atoms with Crippen LogP contribution in [0.4, 0.5) is 11.5 Å². The Hall–Kier alpha value is -3.72. The lowest BCUT2D eigenvalue weighted by Gasteiger charge is -2.17. The van der Waals surface area contributed by atoms with E-state index < -0.39 is 28.6 Å². The van der Waals surface area contributed by atoms with Gasteiger partial charge in [-0.1, -0.05) is 47.1 Å². The summed E-state index contributed by atoms with van der Waals surface area (Å²) in [5, 5.41) is 17.1. The minimum absolute atomic E-state index is 0.118. The molecule has 2 aromatic carbocycles. The molecule has 10 heteroatoms. The highest BCUT2D eigenvalue weighted by atomic mass is 35.5. The quantitative estimate of drug-likeness (QED) is 0.365. The number of anilines is 1. The number of esters is 1. The summed E-state index contributed by atoms with van der Waals surface area (Å²) >= 11 is 5.77. The van der Waals surface area contributed by atoms with Crippen LogP contribution < -0.4 is 5.32 Å². The predicted octanol–water partition coefficient (Wildman–Crippen LogP) is 4.08. The minimum atomic E-state index is -1.32. The van der Waals surface area contributed by atoms with Gasteiger partial charge in [0, 0.05) is 17.7 Å². The molecule has 148 valence electrons. The number of nitro groups is 1. The van der Waals surface area contributed by atoms with Crippen LogP contribution in [0.5, 0.6) is 0 Å². The Morgan fingerprint density at radius 2 is 1.93 bits per heavy atom. The van der Waals surface area contributed by atoms with E-state index in [1.807, 2.05) is 0 Å². The first kappa shape index (κ1) is 20.0. The largest absolute Gasteiger partial charge is 0.444 e. The highest BCUT2D eigenvalue weighted by molar-refractivity contribution is 6.32. The SMILES string of the molecule is Cc1cc(NC(=O)C(OC(=O)c2ccc(Cl)c([N+](=O)[O-])c2)c2ccccc2)no1. The van der Waals surface area contributed by atoms with Gasteiger partial charge in [0.15, 0.2) is 5.82 Å². The zero-order valence-electron chi connectivity index (χ0n) is 15.0. The molecular formula is C19H14ClN3O6. The van der Waals surface area contributed by atoms with Gasteiger partial charge in [-0.05, 0) is 19.1 Å². The monoisotopic (exact) mass is 415 g/mol.